The third-order valence-corrected chi connectivity index (χ3v) is 9.09. The zero-order valence-electron chi connectivity index (χ0n) is 22.8. The number of ether oxygens (including phenoxy) is 1. The van der Waals surface area contributed by atoms with Crippen LogP contribution in [-0.4, -0.2) is 63.9 Å². The predicted molar refractivity (Wildman–Crippen MR) is 146 cm³/mol. The van der Waals surface area contributed by atoms with E-state index < -0.39 is 0 Å². The molecule has 0 N–H and O–H groups in total. The van der Waals surface area contributed by atoms with Crippen LogP contribution in [0.4, 0.5) is 11.4 Å². The van der Waals surface area contributed by atoms with E-state index in [0.29, 0.717) is 17.4 Å². The van der Waals surface area contributed by atoms with Gasteiger partial charge in [0, 0.05) is 63.9 Å². The van der Waals surface area contributed by atoms with Crippen molar-refractivity contribution in [3.63, 3.8) is 0 Å². The van der Waals surface area contributed by atoms with Gasteiger partial charge in [-0.15, -0.1) is 0 Å². The number of unbranched alkanes of at least 4 members (excludes halogenated alkanes) is 1. The molecule has 0 radical (unpaired) electrons. The summed E-state index contributed by atoms with van der Waals surface area (Å²) in [6, 6.07) is 8.07. The van der Waals surface area contributed by atoms with Gasteiger partial charge in [0.05, 0.1) is 0 Å². The molecule has 1 saturated carbocycles. The monoisotopic (exact) mass is 469 g/mol. The second-order valence-electron chi connectivity index (χ2n) is 12.3. The van der Waals surface area contributed by atoms with E-state index in [1.807, 2.05) is 0 Å². The Morgan fingerprint density at radius 2 is 1.62 bits per heavy atom. The fourth-order valence-corrected chi connectivity index (χ4v) is 6.52. The van der Waals surface area contributed by atoms with Crippen molar-refractivity contribution in [3.05, 3.63) is 23.8 Å². The first-order chi connectivity index (χ1) is 16.4. The standard InChI is InChI=1S/C30H51N3O/c1-6-7-16-32-17-19-33(20-18-32)29-23-27(31(5)26-14-21-34-22-15-26)12-13-28(29)24-8-10-25(11-9-24)30(2,3)4/h12-13,23-26H,6-11,14-22H2,1-5H3. The highest BCUT2D eigenvalue weighted by atomic mass is 16.5. The van der Waals surface area contributed by atoms with Crippen LogP contribution in [0.2, 0.25) is 0 Å². The first kappa shape index (κ1) is 25.8. The van der Waals surface area contributed by atoms with Crippen LogP contribution >= 0.6 is 0 Å². The number of benzene rings is 1. The van der Waals surface area contributed by atoms with Gasteiger partial charge in [0.2, 0.25) is 0 Å². The Bertz CT molecular complexity index is 751. The molecule has 0 unspecified atom stereocenters. The van der Waals surface area contributed by atoms with Gasteiger partial charge in [-0.3, -0.25) is 4.90 Å². The van der Waals surface area contributed by atoms with Crippen LogP contribution in [0, 0.1) is 11.3 Å². The van der Waals surface area contributed by atoms with Crippen LogP contribution in [0.3, 0.4) is 0 Å². The van der Waals surface area contributed by atoms with E-state index >= 15 is 0 Å². The zero-order chi connectivity index (χ0) is 24.1. The van der Waals surface area contributed by atoms with Gasteiger partial charge >= 0.3 is 0 Å². The Morgan fingerprint density at radius 3 is 2.24 bits per heavy atom. The first-order valence-electron chi connectivity index (χ1n) is 14.3. The van der Waals surface area contributed by atoms with Crippen molar-refractivity contribution in [2.45, 2.75) is 91.0 Å². The number of anilines is 2. The maximum atomic E-state index is 5.63. The molecule has 4 nitrogen and oxygen atoms in total. The highest BCUT2D eigenvalue weighted by Gasteiger charge is 2.32. The molecule has 1 aromatic rings. The fourth-order valence-electron chi connectivity index (χ4n) is 6.52. The molecular formula is C30H51N3O. The second-order valence-corrected chi connectivity index (χ2v) is 12.3. The van der Waals surface area contributed by atoms with Crippen molar-refractivity contribution in [2.24, 2.45) is 11.3 Å². The lowest BCUT2D eigenvalue weighted by molar-refractivity contribution is 0.0855. The largest absolute Gasteiger partial charge is 0.381 e. The van der Waals surface area contributed by atoms with E-state index in [1.54, 1.807) is 5.56 Å². The summed E-state index contributed by atoms with van der Waals surface area (Å²) < 4.78 is 5.63. The molecule has 3 fully saturated rings. The summed E-state index contributed by atoms with van der Waals surface area (Å²) >= 11 is 0. The number of piperazine rings is 1. The molecule has 0 spiro atoms. The molecule has 2 saturated heterocycles. The van der Waals surface area contributed by atoms with Gasteiger partial charge in [-0.25, -0.2) is 0 Å². The first-order valence-corrected chi connectivity index (χ1v) is 14.3. The minimum absolute atomic E-state index is 0.443. The highest BCUT2D eigenvalue weighted by molar-refractivity contribution is 5.65. The average Bonchev–Trinajstić information content (AvgIpc) is 2.87. The van der Waals surface area contributed by atoms with Gasteiger partial charge < -0.3 is 14.5 Å². The quantitative estimate of drug-likeness (QED) is 0.451. The predicted octanol–water partition coefficient (Wildman–Crippen LogP) is 6.54. The number of rotatable bonds is 7. The van der Waals surface area contributed by atoms with E-state index in [-0.39, 0.29) is 0 Å². The summed E-state index contributed by atoms with van der Waals surface area (Å²) in [7, 11) is 2.30. The molecule has 0 aromatic heterocycles. The SMILES string of the molecule is CCCCN1CCN(c2cc(N(C)C3CCOCC3)ccc2C2CCC(C(C)(C)C)CC2)CC1. The summed E-state index contributed by atoms with van der Waals surface area (Å²) in [5, 5.41) is 0. The summed E-state index contributed by atoms with van der Waals surface area (Å²) in [5.74, 6) is 1.59. The van der Waals surface area contributed by atoms with Crippen LogP contribution in [0.25, 0.3) is 0 Å². The lowest BCUT2D eigenvalue weighted by Gasteiger charge is -2.41. The number of hydrogen-bond acceptors (Lipinski definition) is 4. The molecule has 3 aliphatic rings. The van der Waals surface area contributed by atoms with Crippen molar-refractivity contribution >= 4 is 11.4 Å². The average molecular weight is 470 g/mol. The van der Waals surface area contributed by atoms with Gasteiger partial charge in [0.15, 0.2) is 0 Å². The molecule has 0 atom stereocenters. The molecule has 192 valence electrons. The van der Waals surface area contributed by atoms with Gasteiger partial charge in [-0.1, -0.05) is 40.2 Å². The Hall–Kier alpha value is -1.26. The third-order valence-electron chi connectivity index (χ3n) is 9.09. The molecule has 34 heavy (non-hydrogen) atoms. The summed E-state index contributed by atoms with van der Waals surface area (Å²) in [5.41, 5.74) is 4.99. The van der Waals surface area contributed by atoms with E-state index in [4.69, 9.17) is 4.74 Å². The Kier molecular flexibility index (Phi) is 8.85. The lowest BCUT2D eigenvalue weighted by Crippen LogP contribution is -2.47. The van der Waals surface area contributed by atoms with Crippen LogP contribution in [0.1, 0.15) is 90.5 Å². The molecule has 2 aliphatic heterocycles. The van der Waals surface area contributed by atoms with Crippen molar-refractivity contribution in [1.29, 1.82) is 0 Å². The smallest absolute Gasteiger partial charge is 0.0485 e. The van der Waals surface area contributed by atoms with Gasteiger partial charge in [0.1, 0.15) is 0 Å². The molecule has 1 aliphatic carbocycles. The molecule has 0 amide bonds. The van der Waals surface area contributed by atoms with Crippen LogP contribution < -0.4 is 9.80 Å². The van der Waals surface area contributed by atoms with Gasteiger partial charge in [0.25, 0.3) is 0 Å². The lowest BCUT2D eigenvalue weighted by atomic mass is 9.68. The second kappa shape index (κ2) is 11.6. The zero-order valence-corrected chi connectivity index (χ0v) is 22.8. The van der Waals surface area contributed by atoms with Crippen LogP contribution in [0.5, 0.6) is 0 Å². The number of nitrogens with zero attached hydrogens (tertiary/aromatic N) is 3. The molecular weight excluding hydrogens is 418 g/mol. The van der Waals surface area contributed by atoms with E-state index in [9.17, 15) is 0 Å². The van der Waals surface area contributed by atoms with Crippen molar-refractivity contribution in [1.82, 2.24) is 4.90 Å². The third kappa shape index (κ3) is 6.29. The van der Waals surface area contributed by atoms with Crippen molar-refractivity contribution < 1.29 is 4.74 Å². The summed E-state index contributed by atoms with van der Waals surface area (Å²) in [6.07, 6.45) is 10.3. The minimum Gasteiger partial charge on any atom is -0.381 e. The normalized spacial score (nSPS) is 25.5. The molecule has 4 rings (SSSR count). The topological polar surface area (TPSA) is 19.0 Å². The van der Waals surface area contributed by atoms with Gasteiger partial charge in [-0.2, -0.15) is 0 Å². The molecule has 1 aromatic carbocycles. The number of hydrogen-bond donors (Lipinski definition) is 0. The van der Waals surface area contributed by atoms with Gasteiger partial charge in [-0.05, 0) is 86.4 Å². The maximum absolute atomic E-state index is 5.63. The summed E-state index contributed by atoms with van der Waals surface area (Å²) in [4.78, 5) is 7.92. The maximum Gasteiger partial charge on any atom is 0.0485 e. The van der Waals surface area contributed by atoms with Crippen LogP contribution in [0.15, 0.2) is 18.2 Å². The van der Waals surface area contributed by atoms with E-state index in [1.165, 1.54) is 82.6 Å². The van der Waals surface area contributed by atoms with Crippen LogP contribution in [-0.2, 0) is 4.74 Å². The molecule has 0 bridgehead atoms. The molecule has 4 heteroatoms. The van der Waals surface area contributed by atoms with Crippen molar-refractivity contribution in [2.75, 3.05) is 62.8 Å². The Labute approximate surface area is 210 Å². The van der Waals surface area contributed by atoms with E-state index in [0.717, 1.165) is 32.0 Å². The Balaban J connectivity index is 1.53. The molecule has 2 heterocycles. The van der Waals surface area contributed by atoms with E-state index in [2.05, 4.69) is 67.6 Å². The van der Waals surface area contributed by atoms with Crippen molar-refractivity contribution in [3.8, 4) is 0 Å². The fraction of sp³-hybridized carbons (Fsp3) is 0.800. The Morgan fingerprint density at radius 1 is 0.941 bits per heavy atom. The minimum atomic E-state index is 0.443. The highest BCUT2D eigenvalue weighted by Crippen LogP contribution is 2.46. The summed E-state index contributed by atoms with van der Waals surface area (Å²) in [6.45, 7) is 17.4.